The molecule has 1 aliphatic rings. The summed E-state index contributed by atoms with van der Waals surface area (Å²) >= 11 is 0. The summed E-state index contributed by atoms with van der Waals surface area (Å²) in [5.74, 6) is 0.761. The van der Waals surface area contributed by atoms with E-state index in [-0.39, 0.29) is 17.5 Å². The summed E-state index contributed by atoms with van der Waals surface area (Å²) in [7, 11) is 1.79. The molecule has 1 amide bonds. The normalized spacial score (nSPS) is 16.9. The average Bonchev–Trinajstić information content (AvgIpc) is 2.74. The van der Waals surface area contributed by atoms with Crippen LogP contribution in [0.5, 0.6) is 0 Å². The zero-order valence-electron chi connectivity index (χ0n) is 18.8. The Kier molecular flexibility index (Phi) is 8.96. The van der Waals surface area contributed by atoms with E-state index < -0.39 is 0 Å². The third-order valence-electron chi connectivity index (χ3n) is 5.76. The maximum Gasteiger partial charge on any atom is 0.251 e. The van der Waals surface area contributed by atoms with E-state index in [2.05, 4.69) is 46.6 Å². The zero-order chi connectivity index (χ0) is 21.3. The number of amides is 1. The second-order valence-corrected chi connectivity index (χ2v) is 8.62. The van der Waals surface area contributed by atoms with Crippen LogP contribution in [0.2, 0.25) is 0 Å². The summed E-state index contributed by atoms with van der Waals surface area (Å²) in [6.45, 7) is 12.5. The average molecular weight is 402 g/mol. The predicted molar refractivity (Wildman–Crippen MR) is 121 cm³/mol. The van der Waals surface area contributed by atoms with Crippen molar-refractivity contribution >= 4 is 11.9 Å². The molecule has 1 saturated heterocycles. The number of nitrogens with one attached hydrogen (secondary N) is 3. The lowest BCUT2D eigenvalue weighted by atomic mass is 9.98. The second-order valence-electron chi connectivity index (χ2n) is 8.62. The topological polar surface area (TPSA) is 68.8 Å². The van der Waals surface area contributed by atoms with Gasteiger partial charge in [0.1, 0.15) is 0 Å². The van der Waals surface area contributed by atoms with Crippen LogP contribution in [0.25, 0.3) is 0 Å². The minimum atomic E-state index is -0.0213. The standard InChI is InChI=1S/C23H39N5O/c1-6-18(2)27-21(29)20-12-10-11-19(15-20)16-25-22(24-5)26-17-23(3,4)28-13-8-7-9-14-28/h10-12,15,18H,6-9,13-14,16-17H2,1-5H3,(H,27,29)(H2,24,25,26). The van der Waals surface area contributed by atoms with E-state index in [9.17, 15) is 4.79 Å². The number of hydrogen-bond acceptors (Lipinski definition) is 3. The van der Waals surface area contributed by atoms with Crippen LogP contribution in [0, 0.1) is 0 Å². The highest BCUT2D eigenvalue weighted by Crippen LogP contribution is 2.19. The summed E-state index contributed by atoms with van der Waals surface area (Å²) in [6, 6.07) is 7.93. The smallest absolute Gasteiger partial charge is 0.251 e. The number of carbonyl (C=O) groups is 1. The molecule has 1 aliphatic heterocycles. The van der Waals surface area contributed by atoms with Crippen LogP contribution in [0.1, 0.15) is 69.3 Å². The number of piperidine rings is 1. The van der Waals surface area contributed by atoms with Gasteiger partial charge in [-0.1, -0.05) is 25.5 Å². The molecule has 1 aromatic rings. The van der Waals surface area contributed by atoms with Crippen LogP contribution >= 0.6 is 0 Å². The third-order valence-corrected chi connectivity index (χ3v) is 5.76. The molecule has 0 saturated carbocycles. The van der Waals surface area contributed by atoms with E-state index in [1.807, 2.05) is 31.2 Å². The lowest BCUT2D eigenvalue weighted by Crippen LogP contribution is -2.54. The number of carbonyl (C=O) groups excluding carboxylic acids is 1. The monoisotopic (exact) mass is 401 g/mol. The van der Waals surface area contributed by atoms with Crippen molar-refractivity contribution in [3.05, 3.63) is 35.4 Å². The van der Waals surface area contributed by atoms with Gasteiger partial charge in [-0.3, -0.25) is 14.7 Å². The Morgan fingerprint density at radius 1 is 1.21 bits per heavy atom. The molecule has 0 radical (unpaired) electrons. The quantitative estimate of drug-likeness (QED) is 0.462. The van der Waals surface area contributed by atoms with Gasteiger partial charge in [-0.2, -0.15) is 0 Å². The molecule has 1 heterocycles. The number of aliphatic imine (C=N–C) groups is 1. The SMILES string of the molecule is CCC(C)NC(=O)c1cccc(CNC(=NC)NCC(C)(C)N2CCCCC2)c1. The van der Waals surface area contributed by atoms with Gasteiger partial charge in [0.25, 0.3) is 5.91 Å². The zero-order valence-corrected chi connectivity index (χ0v) is 18.8. The van der Waals surface area contributed by atoms with Gasteiger partial charge in [-0.05, 0) is 70.8 Å². The Morgan fingerprint density at radius 2 is 1.93 bits per heavy atom. The van der Waals surface area contributed by atoms with Crippen molar-refractivity contribution in [3.8, 4) is 0 Å². The van der Waals surface area contributed by atoms with Crippen LogP contribution < -0.4 is 16.0 Å². The molecule has 6 nitrogen and oxygen atoms in total. The van der Waals surface area contributed by atoms with E-state index in [0.717, 1.165) is 24.5 Å². The molecular formula is C23H39N5O. The highest BCUT2D eigenvalue weighted by molar-refractivity contribution is 5.94. The van der Waals surface area contributed by atoms with Crippen LogP contribution in [0.15, 0.2) is 29.3 Å². The Balaban J connectivity index is 1.87. The van der Waals surface area contributed by atoms with Gasteiger partial charge in [0.2, 0.25) is 0 Å². The maximum absolute atomic E-state index is 12.4. The molecule has 0 spiro atoms. The van der Waals surface area contributed by atoms with Crippen molar-refractivity contribution in [1.82, 2.24) is 20.9 Å². The van der Waals surface area contributed by atoms with Crippen LogP contribution in [0.4, 0.5) is 0 Å². The van der Waals surface area contributed by atoms with Gasteiger partial charge < -0.3 is 16.0 Å². The number of hydrogen-bond donors (Lipinski definition) is 3. The molecule has 2 rings (SSSR count). The van der Waals surface area contributed by atoms with Crippen molar-refractivity contribution in [2.75, 3.05) is 26.7 Å². The number of guanidine groups is 1. The van der Waals surface area contributed by atoms with Gasteiger partial charge in [0, 0.05) is 37.3 Å². The van der Waals surface area contributed by atoms with Crippen LogP contribution in [-0.2, 0) is 6.54 Å². The Bertz CT molecular complexity index is 680. The van der Waals surface area contributed by atoms with E-state index in [4.69, 9.17) is 0 Å². The third kappa shape index (κ3) is 7.35. The molecule has 1 unspecified atom stereocenters. The Morgan fingerprint density at radius 3 is 2.59 bits per heavy atom. The summed E-state index contributed by atoms with van der Waals surface area (Å²) in [6.07, 6.45) is 4.84. The van der Waals surface area contributed by atoms with Crippen molar-refractivity contribution in [3.63, 3.8) is 0 Å². The number of nitrogens with zero attached hydrogens (tertiary/aromatic N) is 2. The van der Waals surface area contributed by atoms with Crippen LogP contribution in [0.3, 0.4) is 0 Å². The van der Waals surface area contributed by atoms with Gasteiger partial charge in [-0.15, -0.1) is 0 Å². The first-order valence-corrected chi connectivity index (χ1v) is 10.9. The molecule has 0 bridgehead atoms. The second kappa shape index (κ2) is 11.2. The lowest BCUT2D eigenvalue weighted by molar-refractivity contribution is 0.0939. The molecule has 0 aliphatic carbocycles. The van der Waals surface area contributed by atoms with Crippen molar-refractivity contribution in [2.45, 2.75) is 71.5 Å². The molecule has 1 fully saturated rings. The summed E-state index contributed by atoms with van der Waals surface area (Å²) in [5.41, 5.74) is 1.84. The largest absolute Gasteiger partial charge is 0.355 e. The predicted octanol–water partition coefficient (Wildman–Crippen LogP) is 3.14. The van der Waals surface area contributed by atoms with Gasteiger partial charge in [0.05, 0.1) is 0 Å². The van der Waals surface area contributed by atoms with E-state index in [1.165, 1.54) is 32.4 Å². The molecule has 1 atom stereocenters. The summed E-state index contributed by atoms with van der Waals surface area (Å²) < 4.78 is 0. The fourth-order valence-electron chi connectivity index (χ4n) is 3.55. The van der Waals surface area contributed by atoms with E-state index >= 15 is 0 Å². The fraction of sp³-hybridized carbons (Fsp3) is 0.652. The molecule has 6 heteroatoms. The van der Waals surface area contributed by atoms with Crippen molar-refractivity contribution < 1.29 is 4.79 Å². The maximum atomic E-state index is 12.4. The van der Waals surface area contributed by atoms with Crippen LogP contribution in [-0.4, -0.2) is 55.0 Å². The summed E-state index contributed by atoms with van der Waals surface area (Å²) in [4.78, 5) is 19.3. The lowest BCUT2D eigenvalue weighted by Gasteiger charge is -2.41. The minimum absolute atomic E-state index is 0.0213. The molecule has 1 aromatic carbocycles. The van der Waals surface area contributed by atoms with Gasteiger partial charge in [0.15, 0.2) is 5.96 Å². The number of likely N-dealkylation sites (tertiary alicyclic amines) is 1. The highest BCUT2D eigenvalue weighted by atomic mass is 16.1. The van der Waals surface area contributed by atoms with E-state index in [0.29, 0.717) is 12.1 Å². The first-order valence-electron chi connectivity index (χ1n) is 10.9. The Hall–Kier alpha value is -2.08. The molecule has 0 aromatic heterocycles. The molecule has 29 heavy (non-hydrogen) atoms. The number of benzene rings is 1. The van der Waals surface area contributed by atoms with Gasteiger partial charge >= 0.3 is 0 Å². The minimum Gasteiger partial charge on any atom is -0.355 e. The van der Waals surface area contributed by atoms with Gasteiger partial charge in [-0.25, -0.2) is 0 Å². The fourth-order valence-corrected chi connectivity index (χ4v) is 3.55. The highest BCUT2D eigenvalue weighted by Gasteiger charge is 2.27. The van der Waals surface area contributed by atoms with Crippen molar-refractivity contribution in [2.24, 2.45) is 4.99 Å². The molecule has 3 N–H and O–H groups in total. The van der Waals surface area contributed by atoms with E-state index in [1.54, 1.807) is 7.05 Å². The molecular weight excluding hydrogens is 362 g/mol. The van der Waals surface area contributed by atoms with Crippen molar-refractivity contribution in [1.29, 1.82) is 0 Å². The first kappa shape index (κ1) is 23.2. The Labute approximate surface area is 176 Å². The first-order chi connectivity index (χ1) is 13.9. The summed E-state index contributed by atoms with van der Waals surface area (Å²) in [5, 5.41) is 9.85. The number of rotatable bonds is 8. The molecule has 162 valence electrons.